The third-order valence-corrected chi connectivity index (χ3v) is 5.05. The van der Waals surface area contributed by atoms with E-state index in [1.54, 1.807) is 12.1 Å². The van der Waals surface area contributed by atoms with Gasteiger partial charge in [-0.25, -0.2) is 4.90 Å². The molecule has 0 radical (unpaired) electrons. The van der Waals surface area contributed by atoms with E-state index in [1.165, 1.54) is 12.1 Å². The number of rotatable bonds is 6. The van der Waals surface area contributed by atoms with E-state index in [2.05, 4.69) is 0 Å². The van der Waals surface area contributed by atoms with E-state index in [1.807, 2.05) is 0 Å². The topological polar surface area (TPSA) is 152 Å². The average Bonchev–Trinajstić information content (AvgIpc) is 2.99. The van der Waals surface area contributed by atoms with Gasteiger partial charge >= 0.3 is 23.9 Å². The van der Waals surface area contributed by atoms with E-state index >= 15 is 0 Å². The third-order valence-electron chi connectivity index (χ3n) is 5.05. The zero-order chi connectivity index (χ0) is 25.2. The molecular formula is C22H23NO11. The van der Waals surface area contributed by atoms with Crippen LogP contribution in [-0.4, -0.2) is 77.8 Å². The highest BCUT2D eigenvalue weighted by molar-refractivity contribution is 6.21. The summed E-state index contributed by atoms with van der Waals surface area (Å²) in [6, 6.07) is 6.03. The summed E-state index contributed by atoms with van der Waals surface area (Å²) in [5.41, 5.74) is 0.195. The van der Waals surface area contributed by atoms with Crippen LogP contribution in [0.3, 0.4) is 0 Å². The average molecular weight is 477 g/mol. The molecule has 1 aromatic rings. The van der Waals surface area contributed by atoms with Crippen molar-refractivity contribution >= 4 is 35.7 Å². The number of benzene rings is 1. The molecular weight excluding hydrogens is 454 g/mol. The van der Waals surface area contributed by atoms with Crippen LogP contribution in [0.5, 0.6) is 0 Å². The summed E-state index contributed by atoms with van der Waals surface area (Å²) in [4.78, 5) is 74.0. The largest absolute Gasteiger partial charge is 0.463 e. The van der Waals surface area contributed by atoms with Gasteiger partial charge in [-0.3, -0.25) is 28.8 Å². The van der Waals surface area contributed by atoms with Crippen molar-refractivity contribution in [3.8, 4) is 0 Å². The van der Waals surface area contributed by atoms with Crippen LogP contribution in [0.15, 0.2) is 24.3 Å². The van der Waals surface area contributed by atoms with Crippen LogP contribution in [0, 0.1) is 0 Å². The van der Waals surface area contributed by atoms with Crippen LogP contribution in [0.4, 0.5) is 0 Å². The second-order valence-electron chi connectivity index (χ2n) is 7.62. The number of amides is 2. The molecule has 3 rings (SSSR count). The Bertz CT molecular complexity index is 1000. The van der Waals surface area contributed by atoms with Gasteiger partial charge in [0, 0.05) is 27.7 Å². The minimum atomic E-state index is -1.59. The Kier molecular flexibility index (Phi) is 7.30. The van der Waals surface area contributed by atoms with E-state index in [0.29, 0.717) is 0 Å². The molecule has 1 saturated heterocycles. The molecule has 1 aromatic carbocycles. The highest BCUT2D eigenvalue weighted by atomic mass is 16.7. The molecule has 2 amide bonds. The minimum absolute atomic E-state index is 0.0976. The van der Waals surface area contributed by atoms with Gasteiger partial charge in [0.05, 0.1) is 11.1 Å². The zero-order valence-corrected chi connectivity index (χ0v) is 18.8. The van der Waals surface area contributed by atoms with Crippen LogP contribution < -0.4 is 0 Å². The smallest absolute Gasteiger partial charge is 0.303 e. The van der Waals surface area contributed by atoms with Crippen LogP contribution in [0.25, 0.3) is 0 Å². The minimum Gasteiger partial charge on any atom is -0.463 e. The number of hydrogen-bond acceptors (Lipinski definition) is 11. The predicted octanol–water partition coefficient (Wildman–Crippen LogP) is 0.366. The van der Waals surface area contributed by atoms with E-state index in [9.17, 15) is 28.8 Å². The van der Waals surface area contributed by atoms with Gasteiger partial charge < -0.3 is 23.7 Å². The molecule has 0 spiro atoms. The number of carbonyl (C=O) groups is 6. The Morgan fingerprint density at radius 1 is 0.765 bits per heavy atom. The molecule has 182 valence electrons. The van der Waals surface area contributed by atoms with Crippen LogP contribution in [-0.2, 0) is 42.9 Å². The summed E-state index contributed by atoms with van der Waals surface area (Å²) in [5.74, 6) is -4.61. The van der Waals surface area contributed by atoms with E-state index < -0.39 is 72.9 Å². The highest BCUT2D eigenvalue weighted by Gasteiger charge is 2.57. The summed E-state index contributed by atoms with van der Waals surface area (Å²) in [7, 11) is 0. The van der Waals surface area contributed by atoms with Crippen molar-refractivity contribution in [2.75, 3.05) is 6.61 Å². The number of carbonyl (C=O) groups excluding carboxylic acids is 6. The standard InChI is InChI=1S/C22H23NO11/c1-10(24)30-9-16-17(31-11(2)25)18(32-12(3)26)19(33-13(4)27)22(34-16)23-20(28)14-7-5-6-8-15(14)21(23)29/h5-8,16-19,22H,9H2,1-4H3/t16-,17-,18+,19-,22-/m1/s1. The van der Waals surface area contributed by atoms with Gasteiger partial charge in [-0.1, -0.05) is 12.1 Å². The molecule has 1 fully saturated rings. The van der Waals surface area contributed by atoms with Gasteiger partial charge in [0.2, 0.25) is 0 Å². The number of esters is 4. The van der Waals surface area contributed by atoms with Crippen molar-refractivity contribution in [3.05, 3.63) is 35.4 Å². The van der Waals surface area contributed by atoms with Crippen molar-refractivity contribution in [1.29, 1.82) is 0 Å². The molecule has 0 bridgehead atoms. The number of fused-ring (bicyclic) bond motifs is 1. The van der Waals surface area contributed by atoms with E-state index in [0.717, 1.165) is 32.6 Å². The lowest BCUT2D eigenvalue weighted by molar-refractivity contribution is -0.267. The summed E-state index contributed by atoms with van der Waals surface area (Å²) in [6.07, 6.45) is -7.31. The Morgan fingerprint density at radius 3 is 1.71 bits per heavy atom. The lowest BCUT2D eigenvalue weighted by Gasteiger charge is -2.46. The summed E-state index contributed by atoms with van der Waals surface area (Å²) in [6.45, 7) is 3.89. The fraction of sp³-hybridized carbons (Fsp3) is 0.455. The van der Waals surface area contributed by atoms with Crippen molar-refractivity contribution in [1.82, 2.24) is 4.90 Å². The molecule has 5 atom stereocenters. The fourth-order valence-electron chi connectivity index (χ4n) is 3.85. The fourth-order valence-corrected chi connectivity index (χ4v) is 3.85. The van der Waals surface area contributed by atoms with Crippen molar-refractivity contribution in [2.45, 2.75) is 58.3 Å². The molecule has 34 heavy (non-hydrogen) atoms. The van der Waals surface area contributed by atoms with Crippen molar-refractivity contribution in [2.24, 2.45) is 0 Å². The first-order valence-corrected chi connectivity index (χ1v) is 10.3. The van der Waals surface area contributed by atoms with E-state index in [-0.39, 0.29) is 11.1 Å². The second-order valence-corrected chi connectivity index (χ2v) is 7.62. The first-order chi connectivity index (χ1) is 16.0. The van der Waals surface area contributed by atoms with Gasteiger partial charge in [-0.2, -0.15) is 0 Å². The Labute approximate surface area is 194 Å². The maximum absolute atomic E-state index is 13.1. The van der Waals surface area contributed by atoms with Crippen LogP contribution in [0.2, 0.25) is 0 Å². The summed E-state index contributed by atoms with van der Waals surface area (Å²) in [5, 5.41) is 0. The molecule has 2 aliphatic heterocycles. The van der Waals surface area contributed by atoms with Gasteiger partial charge in [0.1, 0.15) is 12.7 Å². The van der Waals surface area contributed by atoms with Crippen LogP contribution in [0.1, 0.15) is 48.4 Å². The molecule has 0 saturated carbocycles. The quantitative estimate of drug-likeness (QED) is 0.317. The van der Waals surface area contributed by atoms with Gasteiger partial charge in [0.25, 0.3) is 11.8 Å². The maximum atomic E-state index is 13.1. The normalized spacial score (nSPS) is 25.9. The zero-order valence-electron chi connectivity index (χ0n) is 18.8. The SMILES string of the molecule is CC(=O)OC[C@H]1O[C@@H](N2C(=O)c3ccccc3C2=O)[C@H](OC(C)=O)[C@@H](OC(C)=O)[C@@H]1OC(C)=O. The molecule has 12 nitrogen and oxygen atoms in total. The summed E-state index contributed by atoms with van der Waals surface area (Å²) < 4.78 is 26.8. The maximum Gasteiger partial charge on any atom is 0.303 e. The summed E-state index contributed by atoms with van der Waals surface area (Å²) >= 11 is 0. The van der Waals surface area contributed by atoms with Gasteiger partial charge in [0.15, 0.2) is 24.5 Å². The van der Waals surface area contributed by atoms with Crippen LogP contribution >= 0.6 is 0 Å². The van der Waals surface area contributed by atoms with Crippen molar-refractivity contribution < 1.29 is 52.5 Å². The molecule has 0 aromatic heterocycles. The van der Waals surface area contributed by atoms with E-state index in [4.69, 9.17) is 23.7 Å². The van der Waals surface area contributed by atoms with Gasteiger partial charge in [-0.15, -0.1) is 0 Å². The molecule has 0 unspecified atom stereocenters. The number of nitrogens with zero attached hydrogens (tertiary/aromatic N) is 1. The number of hydrogen-bond donors (Lipinski definition) is 0. The lowest BCUT2D eigenvalue weighted by Crippen LogP contribution is -2.66. The molecule has 12 heteroatoms. The Balaban J connectivity index is 2.09. The first-order valence-electron chi connectivity index (χ1n) is 10.3. The Morgan fingerprint density at radius 2 is 1.24 bits per heavy atom. The van der Waals surface area contributed by atoms with Gasteiger partial charge in [-0.05, 0) is 12.1 Å². The number of ether oxygens (including phenoxy) is 5. The first kappa shape index (κ1) is 24.8. The Hall–Kier alpha value is -3.80. The molecule has 0 N–H and O–H groups in total. The third kappa shape index (κ3) is 5.06. The second kappa shape index (κ2) is 10.00. The molecule has 2 heterocycles. The lowest BCUT2D eigenvalue weighted by atomic mass is 9.96. The predicted molar refractivity (Wildman–Crippen MR) is 109 cm³/mol. The monoisotopic (exact) mass is 477 g/mol. The highest BCUT2D eigenvalue weighted by Crippen LogP contribution is 2.35. The molecule has 0 aliphatic carbocycles. The number of imide groups is 1. The van der Waals surface area contributed by atoms with Crippen molar-refractivity contribution in [3.63, 3.8) is 0 Å². The molecule has 2 aliphatic rings.